The number of thioether (sulfide) groups is 1. The van der Waals surface area contributed by atoms with Crippen molar-refractivity contribution in [2.45, 2.75) is 0 Å². The molecule has 0 aliphatic carbocycles. The third kappa shape index (κ3) is 3.31. The molecule has 0 N–H and O–H groups in total. The van der Waals surface area contributed by atoms with E-state index in [0.29, 0.717) is 26.5 Å². The maximum absolute atomic E-state index is 12.2. The summed E-state index contributed by atoms with van der Waals surface area (Å²) in [6.07, 6.45) is 1.72. The zero-order chi connectivity index (χ0) is 17.2. The summed E-state index contributed by atoms with van der Waals surface area (Å²) < 4.78 is 5.82. The van der Waals surface area contributed by atoms with Crippen LogP contribution in [0.25, 0.3) is 17.4 Å². The van der Waals surface area contributed by atoms with Gasteiger partial charge in [-0.25, -0.2) is 4.99 Å². The molecular weight excluding hydrogens is 354 g/mol. The molecule has 3 nitrogen and oxygen atoms in total. The molecule has 1 amide bonds. The van der Waals surface area contributed by atoms with Gasteiger partial charge in [0, 0.05) is 17.2 Å². The Kier molecular flexibility index (Phi) is 4.30. The number of rotatable bonds is 3. The number of furan rings is 1. The second-order valence-corrected chi connectivity index (χ2v) is 6.82. The molecule has 0 bridgehead atoms. The van der Waals surface area contributed by atoms with Gasteiger partial charge in [-0.05, 0) is 24.3 Å². The standard InChI is InChI=1S/C20H12ClNO2S/c21-16-9-5-4-8-15(16)17-11-10-14(24-17)12-18-19(23)22-20(25-18)13-6-2-1-3-7-13/h1-12H. The summed E-state index contributed by atoms with van der Waals surface area (Å²) in [5.41, 5.74) is 1.75. The summed E-state index contributed by atoms with van der Waals surface area (Å²) in [4.78, 5) is 16.8. The quantitative estimate of drug-likeness (QED) is 0.562. The summed E-state index contributed by atoms with van der Waals surface area (Å²) in [7, 11) is 0. The first kappa shape index (κ1) is 15.9. The zero-order valence-electron chi connectivity index (χ0n) is 13.0. The molecule has 1 aromatic heterocycles. The second-order valence-electron chi connectivity index (χ2n) is 5.38. The fraction of sp³-hybridized carbons (Fsp3) is 0. The van der Waals surface area contributed by atoms with Crippen LogP contribution in [0, 0.1) is 0 Å². The van der Waals surface area contributed by atoms with E-state index in [2.05, 4.69) is 4.99 Å². The average Bonchev–Trinajstić information content (AvgIpc) is 3.24. The molecule has 0 saturated heterocycles. The van der Waals surface area contributed by atoms with E-state index < -0.39 is 0 Å². The van der Waals surface area contributed by atoms with Gasteiger partial charge in [0.2, 0.25) is 0 Å². The highest BCUT2D eigenvalue weighted by Crippen LogP contribution is 2.34. The molecule has 3 aromatic rings. The van der Waals surface area contributed by atoms with Crippen molar-refractivity contribution in [3.63, 3.8) is 0 Å². The van der Waals surface area contributed by atoms with Gasteiger partial charge < -0.3 is 4.42 Å². The minimum Gasteiger partial charge on any atom is -0.457 e. The number of hydrogen-bond acceptors (Lipinski definition) is 3. The molecule has 0 radical (unpaired) electrons. The van der Waals surface area contributed by atoms with Crippen LogP contribution in [-0.4, -0.2) is 11.0 Å². The third-order valence-electron chi connectivity index (χ3n) is 3.68. The van der Waals surface area contributed by atoms with Gasteiger partial charge in [-0.2, -0.15) is 0 Å². The third-order valence-corrected chi connectivity index (χ3v) is 5.04. The van der Waals surface area contributed by atoms with Crippen LogP contribution in [0.1, 0.15) is 11.3 Å². The number of amides is 1. The number of carbonyl (C=O) groups is 1. The minimum atomic E-state index is -0.250. The molecule has 2 aromatic carbocycles. The number of carbonyl (C=O) groups excluding carboxylic acids is 1. The van der Waals surface area contributed by atoms with Crippen LogP contribution in [0.2, 0.25) is 5.02 Å². The van der Waals surface area contributed by atoms with Gasteiger partial charge >= 0.3 is 0 Å². The lowest BCUT2D eigenvalue weighted by Crippen LogP contribution is -1.89. The van der Waals surface area contributed by atoms with E-state index >= 15 is 0 Å². The lowest BCUT2D eigenvalue weighted by molar-refractivity contribution is -0.113. The maximum atomic E-state index is 12.2. The van der Waals surface area contributed by atoms with Crippen LogP contribution in [0.4, 0.5) is 0 Å². The molecule has 1 aliphatic heterocycles. The maximum Gasteiger partial charge on any atom is 0.285 e. The largest absolute Gasteiger partial charge is 0.457 e. The molecule has 25 heavy (non-hydrogen) atoms. The Bertz CT molecular complexity index is 1010. The van der Waals surface area contributed by atoms with Gasteiger partial charge in [-0.1, -0.05) is 65.8 Å². The molecule has 122 valence electrons. The zero-order valence-corrected chi connectivity index (χ0v) is 14.6. The predicted molar refractivity (Wildman–Crippen MR) is 103 cm³/mol. The fourth-order valence-electron chi connectivity index (χ4n) is 2.48. The lowest BCUT2D eigenvalue weighted by Gasteiger charge is -1.99. The smallest absolute Gasteiger partial charge is 0.285 e. The first-order valence-electron chi connectivity index (χ1n) is 7.63. The summed E-state index contributed by atoms with van der Waals surface area (Å²) in [5.74, 6) is 1.01. The van der Waals surface area contributed by atoms with Crippen molar-refractivity contribution in [3.05, 3.63) is 88.0 Å². The SMILES string of the molecule is O=C1N=C(c2ccccc2)SC1=Cc1ccc(-c2ccccc2Cl)o1. The number of nitrogens with zero attached hydrogens (tertiary/aromatic N) is 1. The van der Waals surface area contributed by atoms with E-state index in [-0.39, 0.29) is 5.91 Å². The molecule has 0 atom stereocenters. The highest BCUT2D eigenvalue weighted by molar-refractivity contribution is 8.19. The van der Waals surface area contributed by atoms with E-state index in [1.165, 1.54) is 11.8 Å². The van der Waals surface area contributed by atoms with Gasteiger partial charge in [-0.15, -0.1) is 0 Å². The predicted octanol–water partition coefficient (Wildman–Crippen LogP) is 5.66. The van der Waals surface area contributed by atoms with Crippen molar-refractivity contribution in [2.75, 3.05) is 0 Å². The number of benzene rings is 2. The first-order valence-corrected chi connectivity index (χ1v) is 8.83. The molecular formula is C20H12ClNO2S. The fourth-order valence-corrected chi connectivity index (χ4v) is 3.61. The van der Waals surface area contributed by atoms with Crippen molar-refractivity contribution < 1.29 is 9.21 Å². The molecule has 2 heterocycles. The number of halogens is 1. The van der Waals surface area contributed by atoms with Crippen LogP contribution >= 0.6 is 23.4 Å². The summed E-state index contributed by atoms with van der Waals surface area (Å²) in [6, 6.07) is 20.8. The lowest BCUT2D eigenvalue weighted by atomic mass is 10.2. The van der Waals surface area contributed by atoms with Crippen LogP contribution in [0.15, 0.2) is 81.0 Å². The van der Waals surface area contributed by atoms with Gasteiger partial charge in [0.05, 0.1) is 9.93 Å². The molecule has 0 unspecified atom stereocenters. The normalized spacial score (nSPS) is 15.6. The van der Waals surface area contributed by atoms with Crippen molar-refractivity contribution in [1.82, 2.24) is 0 Å². The highest BCUT2D eigenvalue weighted by Gasteiger charge is 2.23. The van der Waals surface area contributed by atoms with Crippen molar-refractivity contribution in [1.29, 1.82) is 0 Å². The molecule has 1 aliphatic rings. The Morgan fingerprint density at radius 2 is 1.72 bits per heavy atom. The van der Waals surface area contributed by atoms with E-state index in [0.717, 1.165) is 11.1 Å². The van der Waals surface area contributed by atoms with Gasteiger partial charge in [-0.3, -0.25) is 4.79 Å². The monoisotopic (exact) mass is 365 g/mol. The number of hydrogen-bond donors (Lipinski definition) is 0. The van der Waals surface area contributed by atoms with Crippen LogP contribution < -0.4 is 0 Å². The van der Waals surface area contributed by atoms with Crippen molar-refractivity contribution >= 4 is 40.4 Å². The van der Waals surface area contributed by atoms with Crippen LogP contribution in [0.5, 0.6) is 0 Å². The van der Waals surface area contributed by atoms with Gasteiger partial charge in [0.15, 0.2) is 0 Å². The van der Waals surface area contributed by atoms with E-state index in [1.807, 2.05) is 66.7 Å². The Morgan fingerprint density at radius 3 is 2.52 bits per heavy atom. The topological polar surface area (TPSA) is 42.6 Å². The molecule has 0 fully saturated rings. The van der Waals surface area contributed by atoms with E-state index in [9.17, 15) is 4.79 Å². The molecule has 0 spiro atoms. The number of aliphatic imine (C=N–C) groups is 1. The van der Waals surface area contributed by atoms with Crippen LogP contribution in [-0.2, 0) is 4.79 Å². The molecule has 5 heteroatoms. The summed E-state index contributed by atoms with van der Waals surface area (Å²) in [6.45, 7) is 0. The van der Waals surface area contributed by atoms with E-state index in [4.69, 9.17) is 16.0 Å². The summed E-state index contributed by atoms with van der Waals surface area (Å²) in [5, 5.41) is 1.33. The van der Waals surface area contributed by atoms with Crippen LogP contribution in [0.3, 0.4) is 0 Å². The molecule has 4 rings (SSSR count). The average molecular weight is 366 g/mol. The van der Waals surface area contributed by atoms with Gasteiger partial charge in [0.1, 0.15) is 16.6 Å². The second kappa shape index (κ2) is 6.75. The minimum absolute atomic E-state index is 0.250. The Balaban J connectivity index is 1.59. The Morgan fingerprint density at radius 1 is 0.960 bits per heavy atom. The first-order chi connectivity index (χ1) is 12.2. The van der Waals surface area contributed by atoms with E-state index in [1.54, 1.807) is 6.08 Å². The van der Waals surface area contributed by atoms with Crippen molar-refractivity contribution in [2.24, 2.45) is 4.99 Å². The Hall–Kier alpha value is -2.56. The highest BCUT2D eigenvalue weighted by atomic mass is 35.5. The van der Waals surface area contributed by atoms with Crippen molar-refractivity contribution in [3.8, 4) is 11.3 Å². The summed E-state index contributed by atoms with van der Waals surface area (Å²) >= 11 is 7.55. The van der Waals surface area contributed by atoms with Gasteiger partial charge in [0.25, 0.3) is 5.91 Å². The Labute approximate surface area is 154 Å². The molecule has 0 saturated carbocycles.